The zero-order valence-corrected chi connectivity index (χ0v) is 9.29. The van der Waals surface area contributed by atoms with Crippen LogP contribution >= 0.6 is 11.8 Å². The second-order valence-electron chi connectivity index (χ2n) is 2.87. The molecule has 1 aromatic rings. The molecule has 0 fully saturated rings. The van der Waals surface area contributed by atoms with Gasteiger partial charge in [0.2, 0.25) is 5.88 Å². The minimum atomic E-state index is -0.763. The van der Waals surface area contributed by atoms with Crippen LogP contribution in [0, 0.1) is 0 Å². The van der Waals surface area contributed by atoms with Crippen LogP contribution in [0.3, 0.4) is 0 Å². The largest absolute Gasteiger partial charge is 0.481 e. The van der Waals surface area contributed by atoms with E-state index in [1.165, 1.54) is 0 Å². The van der Waals surface area contributed by atoms with Crippen molar-refractivity contribution in [2.24, 2.45) is 0 Å². The minimum absolute atomic E-state index is 0.188. The van der Waals surface area contributed by atoms with Crippen LogP contribution in [0.15, 0.2) is 18.3 Å². The maximum Gasteiger partial charge on any atom is 0.304 e. The highest BCUT2D eigenvalue weighted by atomic mass is 32.2. The van der Waals surface area contributed by atoms with Crippen LogP contribution in [-0.4, -0.2) is 28.9 Å². The number of thioether (sulfide) groups is 1. The third-order valence-corrected chi connectivity index (χ3v) is 2.77. The fourth-order valence-corrected chi connectivity index (χ4v) is 1.96. The molecule has 4 nitrogen and oxygen atoms in total. The zero-order chi connectivity index (χ0) is 11.1. The zero-order valence-electron chi connectivity index (χ0n) is 8.47. The lowest BCUT2D eigenvalue weighted by Crippen LogP contribution is -1.97. The number of nitrogens with zero attached hydrogens (tertiary/aromatic N) is 1. The van der Waals surface area contributed by atoms with Crippen molar-refractivity contribution in [1.82, 2.24) is 4.98 Å². The number of carboxylic acids is 1. The molecule has 0 saturated heterocycles. The molecule has 15 heavy (non-hydrogen) atoms. The quantitative estimate of drug-likeness (QED) is 0.751. The molecule has 0 aromatic carbocycles. The Labute approximate surface area is 92.7 Å². The topological polar surface area (TPSA) is 59.4 Å². The summed E-state index contributed by atoms with van der Waals surface area (Å²) < 4.78 is 5.08. The smallest absolute Gasteiger partial charge is 0.304 e. The van der Waals surface area contributed by atoms with Crippen LogP contribution in [0.4, 0.5) is 0 Å². The summed E-state index contributed by atoms with van der Waals surface area (Å²) in [7, 11) is 1.58. The summed E-state index contributed by atoms with van der Waals surface area (Å²) in [5.74, 6) is 1.18. The van der Waals surface area contributed by atoms with Gasteiger partial charge in [-0.3, -0.25) is 4.79 Å². The average Bonchev–Trinajstić information content (AvgIpc) is 2.24. The number of methoxy groups -OCH3 is 1. The summed E-state index contributed by atoms with van der Waals surface area (Å²) in [5.41, 5.74) is 0.996. The Balaban J connectivity index is 2.39. The molecule has 82 valence electrons. The normalized spacial score (nSPS) is 9.93. The van der Waals surface area contributed by atoms with Crippen molar-refractivity contribution in [3.63, 3.8) is 0 Å². The monoisotopic (exact) mass is 227 g/mol. The SMILES string of the molecule is COc1ncccc1CSCCC(=O)O. The van der Waals surface area contributed by atoms with Gasteiger partial charge in [0, 0.05) is 23.3 Å². The van der Waals surface area contributed by atoms with E-state index in [1.54, 1.807) is 25.1 Å². The Kier molecular flexibility index (Phi) is 4.97. The Morgan fingerprint density at radius 1 is 1.67 bits per heavy atom. The van der Waals surface area contributed by atoms with E-state index >= 15 is 0 Å². The van der Waals surface area contributed by atoms with E-state index in [4.69, 9.17) is 9.84 Å². The molecule has 0 amide bonds. The number of carbonyl (C=O) groups is 1. The molecule has 1 aromatic heterocycles. The number of rotatable bonds is 6. The number of pyridine rings is 1. The first kappa shape index (κ1) is 11.8. The van der Waals surface area contributed by atoms with Gasteiger partial charge in [0.05, 0.1) is 13.5 Å². The number of aliphatic carboxylic acids is 1. The lowest BCUT2D eigenvalue weighted by Gasteiger charge is -2.05. The summed E-state index contributed by atoms with van der Waals surface area (Å²) in [6.45, 7) is 0. The Morgan fingerprint density at radius 3 is 3.13 bits per heavy atom. The van der Waals surface area contributed by atoms with E-state index in [1.807, 2.05) is 12.1 Å². The maximum atomic E-state index is 10.3. The molecular weight excluding hydrogens is 214 g/mol. The number of ether oxygens (including phenoxy) is 1. The third-order valence-electron chi connectivity index (χ3n) is 1.76. The minimum Gasteiger partial charge on any atom is -0.481 e. The third kappa shape index (κ3) is 4.20. The summed E-state index contributed by atoms with van der Waals surface area (Å²) in [5, 5.41) is 8.46. The molecule has 5 heteroatoms. The van der Waals surface area contributed by atoms with Crippen molar-refractivity contribution in [2.75, 3.05) is 12.9 Å². The van der Waals surface area contributed by atoms with Crippen molar-refractivity contribution in [3.05, 3.63) is 23.9 Å². The highest BCUT2D eigenvalue weighted by Crippen LogP contribution is 2.20. The van der Waals surface area contributed by atoms with Crippen molar-refractivity contribution >= 4 is 17.7 Å². The van der Waals surface area contributed by atoms with E-state index in [-0.39, 0.29) is 6.42 Å². The highest BCUT2D eigenvalue weighted by Gasteiger charge is 2.03. The molecule has 0 spiro atoms. The average molecular weight is 227 g/mol. The lowest BCUT2D eigenvalue weighted by molar-refractivity contribution is -0.136. The van der Waals surface area contributed by atoms with E-state index in [2.05, 4.69) is 4.98 Å². The summed E-state index contributed by atoms with van der Waals surface area (Å²) in [4.78, 5) is 14.3. The molecule has 1 N–H and O–H groups in total. The fourth-order valence-electron chi connectivity index (χ4n) is 1.06. The Bertz CT molecular complexity index is 330. The molecule has 0 bridgehead atoms. The van der Waals surface area contributed by atoms with E-state index in [0.29, 0.717) is 11.6 Å². The van der Waals surface area contributed by atoms with Crippen LogP contribution in [-0.2, 0) is 10.5 Å². The molecule has 0 aliphatic carbocycles. The van der Waals surface area contributed by atoms with Gasteiger partial charge in [-0.05, 0) is 6.07 Å². The molecule has 0 atom stereocenters. The molecule has 0 radical (unpaired) electrons. The Morgan fingerprint density at radius 2 is 2.47 bits per heavy atom. The second-order valence-corrected chi connectivity index (χ2v) is 3.97. The van der Waals surface area contributed by atoms with Gasteiger partial charge in [-0.25, -0.2) is 4.98 Å². The summed E-state index contributed by atoms with van der Waals surface area (Å²) in [6.07, 6.45) is 1.86. The highest BCUT2D eigenvalue weighted by molar-refractivity contribution is 7.98. The van der Waals surface area contributed by atoms with Crippen molar-refractivity contribution in [1.29, 1.82) is 0 Å². The standard InChI is InChI=1S/C10H13NO3S/c1-14-10-8(3-2-5-11-10)7-15-6-4-9(12)13/h2-3,5H,4,6-7H2,1H3,(H,12,13). The van der Waals surface area contributed by atoms with Gasteiger partial charge in [0.25, 0.3) is 0 Å². The fraction of sp³-hybridized carbons (Fsp3) is 0.400. The molecule has 0 aliphatic rings. The molecule has 0 saturated carbocycles. The van der Waals surface area contributed by atoms with Crippen molar-refractivity contribution < 1.29 is 14.6 Å². The van der Waals surface area contributed by atoms with Gasteiger partial charge in [0.15, 0.2) is 0 Å². The number of hydrogen-bond acceptors (Lipinski definition) is 4. The predicted molar refractivity (Wildman–Crippen MR) is 59.2 cm³/mol. The first-order valence-electron chi connectivity index (χ1n) is 4.51. The number of aromatic nitrogens is 1. The first-order valence-corrected chi connectivity index (χ1v) is 5.67. The predicted octanol–water partition coefficient (Wildman–Crippen LogP) is 1.80. The maximum absolute atomic E-state index is 10.3. The summed E-state index contributed by atoms with van der Waals surface area (Å²) >= 11 is 1.56. The Hall–Kier alpha value is -1.23. The van der Waals surface area contributed by atoms with Crippen molar-refractivity contribution in [3.8, 4) is 5.88 Å². The van der Waals surface area contributed by atoms with Gasteiger partial charge in [-0.2, -0.15) is 11.8 Å². The second kappa shape index (κ2) is 6.29. The van der Waals surface area contributed by atoms with E-state index in [0.717, 1.165) is 11.3 Å². The number of carboxylic acid groups (broad SMARTS) is 1. The molecule has 0 aliphatic heterocycles. The van der Waals surface area contributed by atoms with Crippen molar-refractivity contribution in [2.45, 2.75) is 12.2 Å². The first-order chi connectivity index (χ1) is 7.24. The molecule has 1 rings (SSSR count). The summed E-state index contributed by atoms with van der Waals surface area (Å²) in [6, 6.07) is 3.77. The van der Waals surface area contributed by atoms with E-state index < -0.39 is 5.97 Å². The van der Waals surface area contributed by atoms with Gasteiger partial charge in [0.1, 0.15) is 0 Å². The molecule has 1 heterocycles. The molecular formula is C10H13NO3S. The van der Waals surface area contributed by atoms with Crippen LogP contribution in [0.5, 0.6) is 5.88 Å². The van der Waals surface area contributed by atoms with Crippen LogP contribution in [0.25, 0.3) is 0 Å². The van der Waals surface area contributed by atoms with Crippen LogP contribution < -0.4 is 4.74 Å². The molecule has 0 unspecified atom stereocenters. The van der Waals surface area contributed by atoms with E-state index in [9.17, 15) is 4.79 Å². The van der Waals surface area contributed by atoms with Gasteiger partial charge in [-0.15, -0.1) is 0 Å². The van der Waals surface area contributed by atoms with Crippen LogP contribution in [0.1, 0.15) is 12.0 Å². The van der Waals surface area contributed by atoms with Gasteiger partial charge < -0.3 is 9.84 Å². The van der Waals surface area contributed by atoms with Gasteiger partial charge >= 0.3 is 5.97 Å². The van der Waals surface area contributed by atoms with Gasteiger partial charge in [-0.1, -0.05) is 6.07 Å². The number of hydrogen-bond donors (Lipinski definition) is 1. The van der Waals surface area contributed by atoms with Crippen LogP contribution in [0.2, 0.25) is 0 Å². The lowest BCUT2D eigenvalue weighted by atomic mass is 10.3.